The quantitative estimate of drug-likeness (QED) is 0.810. The van der Waals surface area contributed by atoms with Gasteiger partial charge in [0, 0.05) is 11.6 Å². The average molecular weight is 221 g/mol. The molecule has 0 aromatic heterocycles. The van der Waals surface area contributed by atoms with Gasteiger partial charge in [-0.2, -0.15) is 0 Å². The molecule has 2 N–H and O–H groups in total. The fraction of sp³-hybridized carbons (Fsp3) is 0.417. The maximum absolute atomic E-state index is 11.1. The first-order valence-corrected chi connectivity index (χ1v) is 5.33. The van der Waals surface area contributed by atoms with Crippen molar-refractivity contribution < 1.29 is 14.6 Å². The van der Waals surface area contributed by atoms with Crippen LogP contribution in [0, 0.1) is 5.92 Å². The van der Waals surface area contributed by atoms with Crippen LogP contribution >= 0.6 is 0 Å². The lowest BCUT2D eigenvalue weighted by atomic mass is 9.94. The van der Waals surface area contributed by atoms with E-state index in [-0.39, 0.29) is 12.0 Å². The zero-order chi connectivity index (χ0) is 11.5. The second-order valence-corrected chi connectivity index (χ2v) is 3.91. The third-order valence-corrected chi connectivity index (χ3v) is 3.01. The molecule has 1 aromatic carbocycles. The molecule has 0 aliphatic carbocycles. The first-order chi connectivity index (χ1) is 7.74. The summed E-state index contributed by atoms with van der Waals surface area (Å²) in [5.41, 5.74) is 0.926. The van der Waals surface area contributed by atoms with E-state index in [0.717, 1.165) is 17.9 Å². The summed E-state index contributed by atoms with van der Waals surface area (Å²) in [5.74, 6) is -0.370. The minimum absolute atomic E-state index is 0.145. The van der Waals surface area contributed by atoms with Gasteiger partial charge in [-0.1, -0.05) is 18.2 Å². The van der Waals surface area contributed by atoms with Crippen molar-refractivity contribution in [3.8, 4) is 5.75 Å². The lowest BCUT2D eigenvalue weighted by Crippen LogP contribution is -2.23. The first kappa shape index (κ1) is 11.0. The monoisotopic (exact) mass is 221 g/mol. The molecule has 2 rings (SSSR count). The summed E-state index contributed by atoms with van der Waals surface area (Å²) in [7, 11) is 1.60. The molecule has 1 aliphatic heterocycles. The number of ether oxygens (including phenoxy) is 1. The number of carboxylic acids is 1. The number of carbonyl (C=O) groups is 1. The smallest absolute Gasteiger partial charge is 0.308 e. The molecule has 1 aliphatic rings. The summed E-state index contributed by atoms with van der Waals surface area (Å²) in [5, 5.41) is 12.3. The molecule has 0 amide bonds. The number of rotatable bonds is 3. The summed E-state index contributed by atoms with van der Waals surface area (Å²) in [6.07, 6.45) is 0.665. The van der Waals surface area contributed by atoms with Gasteiger partial charge >= 0.3 is 5.97 Å². The maximum Gasteiger partial charge on any atom is 0.308 e. The van der Waals surface area contributed by atoms with Crippen LogP contribution < -0.4 is 10.1 Å². The second-order valence-electron chi connectivity index (χ2n) is 3.91. The van der Waals surface area contributed by atoms with E-state index in [1.54, 1.807) is 7.11 Å². The van der Waals surface area contributed by atoms with Gasteiger partial charge in [0.05, 0.1) is 13.0 Å². The molecule has 0 spiro atoms. The molecule has 2 atom stereocenters. The van der Waals surface area contributed by atoms with Gasteiger partial charge in [-0.05, 0) is 19.0 Å². The van der Waals surface area contributed by atoms with Gasteiger partial charge < -0.3 is 15.2 Å². The summed E-state index contributed by atoms with van der Waals surface area (Å²) in [6.45, 7) is 0.736. The van der Waals surface area contributed by atoms with E-state index in [4.69, 9.17) is 9.84 Å². The Hall–Kier alpha value is -1.55. The Balaban J connectivity index is 2.32. The Morgan fingerprint density at radius 2 is 2.25 bits per heavy atom. The van der Waals surface area contributed by atoms with Gasteiger partial charge in [0.2, 0.25) is 0 Å². The Bertz CT molecular complexity index is 392. The van der Waals surface area contributed by atoms with Crippen LogP contribution in [0.3, 0.4) is 0 Å². The number of benzene rings is 1. The highest BCUT2D eigenvalue weighted by atomic mass is 16.5. The molecule has 4 heteroatoms. The van der Waals surface area contributed by atoms with Crippen LogP contribution in [0.2, 0.25) is 0 Å². The Morgan fingerprint density at radius 3 is 2.94 bits per heavy atom. The third kappa shape index (κ3) is 1.88. The SMILES string of the molecule is COc1ccccc1C1NCCC1C(=O)O. The molecule has 16 heavy (non-hydrogen) atoms. The van der Waals surface area contributed by atoms with Crippen LogP contribution in [-0.2, 0) is 4.79 Å². The van der Waals surface area contributed by atoms with E-state index >= 15 is 0 Å². The largest absolute Gasteiger partial charge is 0.496 e. The molecular formula is C12H15NO3. The van der Waals surface area contributed by atoms with Gasteiger partial charge in [-0.3, -0.25) is 4.79 Å². The summed E-state index contributed by atoms with van der Waals surface area (Å²) in [6, 6.07) is 7.41. The van der Waals surface area contributed by atoms with Crippen molar-refractivity contribution in [2.75, 3.05) is 13.7 Å². The lowest BCUT2D eigenvalue weighted by molar-refractivity contribution is -0.142. The molecule has 1 fully saturated rings. The summed E-state index contributed by atoms with van der Waals surface area (Å²) in [4.78, 5) is 11.1. The Kier molecular flexibility index (Phi) is 3.10. The standard InChI is InChI=1S/C12H15NO3/c1-16-10-5-3-2-4-8(10)11-9(12(14)15)6-7-13-11/h2-5,9,11,13H,6-7H2,1H3,(H,14,15). The third-order valence-electron chi connectivity index (χ3n) is 3.01. The molecule has 1 aromatic rings. The minimum Gasteiger partial charge on any atom is -0.496 e. The van der Waals surface area contributed by atoms with Crippen LogP contribution in [0.4, 0.5) is 0 Å². The summed E-state index contributed by atoms with van der Waals surface area (Å²) < 4.78 is 5.25. The van der Waals surface area contributed by atoms with Crippen molar-refractivity contribution in [1.29, 1.82) is 0 Å². The zero-order valence-corrected chi connectivity index (χ0v) is 9.14. The van der Waals surface area contributed by atoms with E-state index in [1.807, 2.05) is 24.3 Å². The second kappa shape index (κ2) is 4.53. The van der Waals surface area contributed by atoms with E-state index < -0.39 is 5.97 Å². The molecule has 2 unspecified atom stereocenters. The number of aliphatic carboxylic acids is 1. The van der Waals surface area contributed by atoms with E-state index in [1.165, 1.54) is 0 Å². The van der Waals surface area contributed by atoms with Crippen molar-refractivity contribution in [2.24, 2.45) is 5.92 Å². The molecule has 1 heterocycles. The lowest BCUT2D eigenvalue weighted by Gasteiger charge is -2.18. The first-order valence-electron chi connectivity index (χ1n) is 5.33. The number of hydrogen-bond acceptors (Lipinski definition) is 3. The predicted octanol–water partition coefficient (Wildman–Crippen LogP) is 1.43. The van der Waals surface area contributed by atoms with E-state index in [2.05, 4.69) is 5.32 Å². The number of nitrogens with one attached hydrogen (secondary N) is 1. The molecule has 0 radical (unpaired) electrons. The van der Waals surface area contributed by atoms with Crippen LogP contribution in [0.25, 0.3) is 0 Å². The van der Waals surface area contributed by atoms with E-state index in [9.17, 15) is 4.79 Å². The molecule has 86 valence electrons. The van der Waals surface area contributed by atoms with Crippen molar-refractivity contribution in [1.82, 2.24) is 5.32 Å². The number of para-hydroxylation sites is 1. The van der Waals surface area contributed by atoms with Gasteiger partial charge in [0.15, 0.2) is 0 Å². The number of carboxylic acid groups (broad SMARTS) is 1. The van der Waals surface area contributed by atoms with Crippen molar-refractivity contribution in [2.45, 2.75) is 12.5 Å². The average Bonchev–Trinajstić information content (AvgIpc) is 2.77. The highest BCUT2D eigenvalue weighted by Gasteiger charge is 2.34. The maximum atomic E-state index is 11.1. The van der Waals surface area contributed by atoms with Crippen LogP contribution in [0.15, 0.2) is 24.3 Å². The topological polar surface area (TPSA) is 58.6 Å². The Labute approximate surface area is 94.2 Å². The normalized spacial score (nSPS) is 24.3. The van der Waals surface area contributed by atoms with Crippen LogP contribution in [-0.4, -0.2) is 24.7 Å². The zero-order valence-electron chi connectivity index (χ0n) is 9.14. The van der Waals surface area contributed by atoms with Crippen molar-refractivity contribution >= 4 is 5.97 Å². The molecule has 0 bridgehead atoms. The minimum atomic E-state index is -0.749. The highest BCUT2D eigenvalue weighted by Crippen LogP contribution is 2.34. The molecule has 4 nitrogen and oxygen atoms in total. The molecule has 0 saturated carbocycles. The van der Waals surface area contributed by atoms with Crippen LogP contribution in [0.5, 0.6) is 5.75 Å². The number of methoxy groups -OCH3 is 1. The van der Waals surface area contributed by atoms with E-state index in [0.29, 0.717) is 6.42 Å². The number of hydrogen-bond donors (Lipinski definition) is 2. The van der Waals surface area contributed by atoms with Crippen LogP contribution in [0.1, 0.15) is 18.0 Å². The molecule has 1 saturated heterocycles. The van der Waals surface area contributed by atoms with Gasteiger partial charge in [0.25, 0.3) is 0 Å². The molecular weight excluding hydrogens is 206 g/mol. The van der Waals surface area contributed by atoms with Gasteiger partial charge in [-0.15, -0.1) is 0 Å². The summed E-state index contributed by atoms with van der Waals surface area (Å²) >= 11 is 0. The Morgan fingerprint density at radius 1 is 1.50 bits per heavy atom. The predicted molar refractivity (Wildman–Crippen MR) is 59.5 cm³/mol. The fourth-order valence-corrected chi connectivity index (χ4v) is 2.22. The fourth-order valence-electron chi connectivity index (χ4n) is 2.22. The van der Waals surface area contributed by atoms with Gasteiger partial charge in [0.1, 0.15) is 5.75 Å². The highest BCUT2D eigenvalue weighted by molar-refractivity contribution is 5.72. The van der Waals surface area contributed by atoms with Gasteiger partial charge in [-0.25, -0.2) is 0 Å². The van der Waals surface area contributed by atoms with Crippen molar-refractivity contribution in [3.05, 3.63) is 29.8 Å². The van der Waals surface area contributed by atoms with Crippen molar-refractivity contribution in [3.63, 3.8) is 0 Å².